The Bertz CT molecular complexity index is 626. The molecule has 8 heteroatoms. The molecule has 1 fully saturated rings. The molecular formula is C14H23F2N3O2S. The molecule has 0 radical (unpaired) electrons. The van der Waals surface area contributed by atoms with Gasteiger partial charge in [0, 0.05) is 6.26 Å². The molecule has 1 unspecified atom stereocenters. The van der Waals surface area contributed by atoms with Gasteiger partial charge in [0.1, 0.15) is 0 Å². The third-order valence-electron chi connectivity index (χ3n) is 4.25. The van der Waals surface area contributed by atoms with Gasteiger partial charge in [-0.25, -0.2) is 17.2 Å². The van der Waals surface area contributed by atoms with Crippen molar-refractivity contribution in [2.24, 2.45) is 11.3 Å². The Labute approximate surface area is 130 Å². The number of hydrogen-bond acceptors (Lipinski definition) is 4. The minimum Gasteiger partial charge on any atom is -0.222 e. The summed E-state index contributed by atoms with van der Waals surface area (Å²) >= 11 is 0. The molecule has 0 amide bonds. The van der Waals surface area contributed by atoms with E-state index in [1.165, 1.54) is 12.8 Å². The fraction of sp³-hybridized carbons (Fsp3) is 0.857. The van der Waals surface area contributed by atoms with E-state index in [0.29, 0.717) is 17.9 Å². The zero-order valence-corrected chi connectivity index (χ0v) is 14.0. The molecule has 1 aliphatic rings. The quantitative estimate of drug-likeness (QED) is 0.829. The van der Waals surface area contributed by atoms with Crippen LogP contribution in [-0.2, 0) is 16.4 Å². The first-order valence-electron chi connectivity index (χ1n) is 7.52. The highest BCUT2D eigenvalue weighted by atomic mass is 32.2. The molecule has 1 saturated carbocycles. The summed E-state index contributed by atoms with van der Waals surface area (Å²) < 4.78 is 48.8. The molecule has 1 aliphatic carbocycles. The molecule has 0 aromatic carbocycles. The van der Waals surface area contributed by atoms with Gasteiger partial charge in [0.25, 0.3) is 6.43 Å². The molecule has 1 heterocycles. The number of sulfone groups is 1. The van der Waals surface area contributed by atoms with Crippen LogP contribution in [0.25, 0.3) is 0 Å². The first-order valence-corrected chi connectivity index (χ1v) is 9.41. The summed E-state index contributed by atoms with van der Waals surface area (Å²) in [6.07, 6.45) is 3.30. The molecule has 0 aliphatic heterocycles. The summed E-state index contributed by atoms with van der Waals surface area (Å²) in [4.78, 5) is 1.11. The average Bonchev–Trinajstić information content (AvgIpc) is 2.79. The zero-order valence-electron chi connectivity index (χ0n) is 13.2. The van der Waals surface area contributed by atoms with Gasteiger partial charge in [-0.05, 0) is 30.6 Å². The number of halogens is 2. The Kier molecular flexibility index (Phi) is 4.89. The summed E-state index contributed by atoms with van der Waals surface area (Å²) in [5, 5.41) is 6.83. The van der Waals surface area contributed by atoms with Crippen molar-refractivity contribution in [3.05, 3.63) is 5.69 Å². The van der Waals surface area contributed by atoms with Crippen molar-refractivity contribution in [2.45, 2.75) is 63.9 Å². The maximum atomic E-state index is 12.9. The molecule has 0 bridgehead atoms. The van der Waals surface area contributed by atoms with Gasteiger partial charge in [-0.3, -0.25) is 0 Å². The van der Waals surface area contributed by atoms with Crippen LogP contribution in [0.4, 0.5) is 8.78 Å². The molecule has 0 saturated heterocycles. The average molecular weight is 335 g/mol. The normalized spacial score (nSPS) is 22.2. The molecule has 126 valence electrons. The predicted octanol–water partition coefficient (Wildman–Crippen LogP) is 3.23. The van der Waals surface area contributed by atoms with Gasteiger partial charge in [-0.2, -0.15) is 9.90 Å². The van der Waals surface area contributed by atoms with E-state index in [0.717, 1.165) is 30.3 Å². The van der Waals surface area contributed by atoms with Crippen molar-refractivity contribution >= 4 is 9.84 Å². The van der Waals surface area contributed by atoms with Gasteiger partial charge in [0.15, 0.2) is 15.5 Å². The van der Waals surface area contributed by atoms with Crippen molar-refractivity contribution in [1.82, 2.24) is 15.0 Å². The van der Waals surface area contributed by atoms with Gasteiger partial charge >= 0.3 is 0 Å². The third-order valence-corrected chi connectivity index (χ3v) is 5.24. The van der Waals surface area contributed by atoms with Gasteiger partial charge in [-0.15, -0.1) is 5.10 Å². The Morgan fingerprint density at radius 1 is 1.36 bits per heavy atom. The highest BCUT2D eigenvalue weighted by molar-refractivity contribution is 7.90. The first kappa shape index (κ1) is 17.3. The molecule has 2 rings (SSSR count). The van der Waals surface area contributed by atoms with E-state index in [4.69, 9.17) is 0 Å². The molecule has 0 N–H and O–H groups in total. The smallest absolute Gasteiger partial charge is 0.222 e. The summed E-state index contributed by atoms with van der Waals surface area (Å²) in [6.45, 7) is 4.85. The summed E-state index contributed by atoms with van der Waals surface area (Å²) in [7, 11) is -3.79. The van der Waals surface area contributed by atoms with Crippen LogP contribution in [0.5, 0.6) is 0 Å². The summed E-state index contributed by atoms with van der Waals surface area (Å²) in [5.41, 5.74) is -0.432. The minimum atomic E-state index is -3.79. The summed E-state index contributed by atoms with van der Waals surface area (Å²) in [6, 6.07) is 0. The Hall–Kier alpha value is -1.05. The van der Waals surface area contributed by atoms with E-state index in [1.54, 1.807) is 0 Å². The van der Waals surface area contributed by atoms with Crippen LogP contribution in [0.2, 0.25) is 0 Å². The van der Waals surface area contributed by atoms with E-state index in [1.807, 2.05) is 0 Å². The first-order chi connectivity index (χ1) is 10.1. The highest BCUT2D eigenvalue weighted by Crippen LogP contribution is 2.40. The van der Waals surface area contributed by atoms with Crippen molar-refractivity contribution in [2.75, 3.05) is 6.26 Å². The standard InChI is InChI=1S/C14H23F2N3O2S/c1-14(2)7-4-5-10(9-14)6-8-19-17-11(12(15)16)13(18-19)22(3,20)21/h10,12H,4-9H2,1-3H3. The minimum absolute atomic E-state index is 0.312. The topological polar surface area (TPSA) is 64.8 Å². The number of alkyl halides is 2. The molecule has 22 heavy (non-hydrogen) atoms. The maximum Gasteiger partial charge on any atom is 0.285 e. The molecule has 1 aromatic rings. The number of hydrogen-bond donors (Lipinski definition) is 0. The number of rotatable bonds is 5. The number of nitrogens with zero attached hydrogens (tertiary/aromatic N) is 3. The zero-order chi connectivity index (χ0) is 16.5. The van der Waals surface area contributed by atoms with Crippen LogP contribution in [0, 0.1) is 11.3 Å². The van der Waals surface area contributed by atoms with Crippen molar-refractivity contribution in [3.8, 4) is 0 Å². The lowest BCUT2D eigenvalue weighted by Gasteiger charge is -2.35. The lowest BCUT2D eigenvalue weighted by atomic mass is 9.71. The van der Waals surface area contributed by atoms with Crippen LogP contribution in [0.15, 0.2) is 5.03 Å². The van der Waals surface area contributed by atoms with E-state index < -0.39 is 27.0 Å². The van der Waals surface area contributed by atoms with E-state index in [-0.39, 0.29) is 0 Å². The number of aryl methyl sites for hydroxylation is 1. The Morgan fingerprint density at radius 2 is 2.05 bits per heavy atom. The molecular weight excluding hydrogens is 312 g/mol. The van der Waals surface area contributed by atoms with E-state index in [2.05, 4.69) is 24.0 Å². The molecule has 1 atom stereocenters. The summed E-state index contributed by atoms with van der Waals surface area (Å²) in [5.74, 6) is 0.506. The predicted molar refractivity (Wildman–Crippen MR) is 78.4 cm³/mol. The second-order valence-corrected chi connectivity index (χ2v) is 8.91. The highest BCUT2D eigenvalue weighted by Gasteiger charge is 2.29. The third kappa shape index (κ3) is 4.24. The van der Waals surface area contributed by atoms with Gasteiger partial charge in [-0.1, -0.05) is 26.7 Å². The lowest BCUT2D eigenvalue weighted by molar-refractivity contribution is 0.141. The lowest BCUT2D eigenvalue weighted by Crippen LogP contribution is -2.23. The second kappa shape index (κ2) is 6.22. The second-order valence-electron chi connectivity index (χ2n) is 6.97. The van der Waals surface area contributed by atoms with Crippen molar-refractivity contribution in [1.29, 1.82) is 0 Å². The number of aromatic nitrogens is 3. The fourth-order valence-corrected chi connectivity index (χ4v) is 4.00. The van der Waals surface area contributed by atoms with Crippen LogP contribution >= 0.6 is 0 Å². The van der Waals surface area contributed by atoms with Gasteiger partial charge in [0.2, 0.25) is 5.03 Å². The van der Waals surface area contributed by atoms with Crippen molar-refractivity contribution < 1.29 is 17.2 Å². The van der Waals surface area contributed by atoms with E-state index >= 15 is 0 Å². The monoisotopic (exact) mass is 335 g/mol. The van der Waals surface area contributed by atoms with Crippen LogP contribution in [0.3, 0.4) is 0 Å². The van der Waals surface area contributed by atoms with Crippen LogP contribution in [-0.4, -0.2) is 29.7 Å². The Balaban J connectivity index is 2.08. The van der Waals surface area contributed by atoms with E-state index in [9.17, 15) is 17.2 Å². The molecule has 0 spiro atoms. The molecule has 5 nitrogen and oxygen atoms in total. The van der Waals surface area contributed by atoms with Crippen LogP contribution in [0.1, 0.15) is 58.1 Å². The van der Waals surface area contributed by atoms with Crippen molar-refractivity contribution in [3.63, 3.8) is 0 Å². The van der Waals surface area contributed by atoms with Gasteiger partial charge < -0.3 is 0 Å². The largest absolute Gasteiger partial charge is 0.285 e. The fourth-order valence-electron chi connectivity index (χ4n) is 3.25. The van der Waals surface area contributed by atoms with Crippen LogP contribution < -0.4 is 0 Å². The molecule has 1 aromatic heterocycles. The Morgan fingerprint density at radius 3 is 2.55 bits per heavy atom. The van der Waals surface area contributed by atoms with Gasteiger partial charge in [0.05, 0.1) is 6.54 Å². The maximum absolute atomic E-state index is 12.9. The SMILES string of the molecule is CC1(C)CCCC(CCn2nc(C(F)F)c(S(C)(=O)=O)n2)C1.